The van der Waals surface area contributed by atoms with Gasteiger partial charge in [-0.3, -0.25) is 4.57 Å². The Morgan fingerprint density at radius 2 is 1.74 bits per heavy atom. The van der Waals surface area contributed by atoms with Crippen LogP contribution in [-0.4, -0.2) is 14.5 Å². The lowest BCUT2D eigenvalue weighted by molar-refractivity contribution is 1.01. The van der Waals surface area contributed by atoms with Crippen LogP contribution in [0.5, 0.6) is 0 Å². The highest BCUT2D eigenvalue weighted by Gasteiger charge is 2.10. The third-order valence-electron chi connectivity index (χ3n) is 3.18. The van der Waals surface area contributed by atoms with E-state index in [9.17, 15) is 0 Å². The summed E-state index contributed by atoms with van der Waals surface area (Å²) < 4.78 is 3.87. The van der Waals surface area contributed by atoms with E-state index in [1.54, 1.807) is 6.20 Å². The Labute approximate surface area is 127 Å². The Balaban J connectivity index is 2.28. The second-order valence-electron chi connectivity index (χ2n) is 4.50. The number of halogens is 2. The van der Waals surface area contributed by atoms with E-state index in [0.717, 1.165) is 25.8 Å². The molecular formula is C14H11Br2N3. The summed E-state index contributed by atoms with van der Waals surface area (Å²) in [6, 6.07) is 6.23. The highest BCUT2D eigenvalue weighted by atomic mass is 79.9. The van der Waals surface area contributed by atoms with Crippen molar-refractivity contribution < 1.29 is 0 Å². The van der Waals surface area contributed by atoms with E-state index >= 15 is 0 Å². The van der Waals surface area contributed by atoms with Crippen molar-refractivity contribution in [2.75, 3.05) is 0 Å². The van der Waals surface area contributed by atoms with E-state index in [2.05, 4.69) is 67.8 Å². The van der Waals surface area contributed by atoms with E-state index in [4.69, 9.17) is 0 Å². The summed E-state index contributed by atoms with van der Waals surface area (Å²) in [5.41, 5.74) is 4.56. The predicted octanol–water partition coefficient (Wildman–Crippen LogP) is 4.56. The van der Waals surface area contributed by atoms with Crippen molar-refractivity contribution in [3.05, 3.63) is 50.8 Å². The molecule has 0 unspecified atom stereocenters. The number of nitrogens with zero attached hydrogens (tertiary/aromatic N) is 3. The zero-order valence-electron chi connectivity index (χ0n) is 10.5. The van der Waals surface area contributed by atoms with Crippen LogP contribution in [0.4, 0.5) is 0 Å². The van der Waals surface area contributed by atoms with E-state index in [1.165, 1.54) is 11.1 Å². The van der Waals surface area contributed by atoms with Crippen LogP contribution in [-0.2, 0) is 0 Å². The summed E-state index contributed by atoms with van der Waals surface area (Å²) in [5.74, 6) is 0.842. The van der Waals surface area contributed by atoms with Crippen molar-refractivity contribution in [1.82, 2.24) is 14.5 Å². The zero-order chi connectivity index (χ0) is 13.6. The van der Waals surface area contributed by atoms with Crippen molar-refractivity contribution in [2.45, 2.75) is 13.8 Å². The molecule has 0 atom stereocenters. The predicted molar refractivity (Wildman–Crippen MR) is 83.7 cm³/mol. The molecule has 0 aliphatic heterocycles. The average Bonchev–Trinajstić information content (AvgIpc) is 2.73. The smallest absolute Gasteiger partial charge is 0.152 e. The summed E-state index contributed by atoms with van der Waals surface area (Å²) in [6.07, 6.45) is 3.59. The Morgan fingerprint density at radius 3 is 2.47 bits per heavy atom. The molecular weight excluding hydrogens is 370 g/mol. The van der Waals surface area contributed by atoms with Gasteiger partial charge >= 0.3 is 0 Å². The van der Waals surface area contributed by atoms with E-state index < -0.39 is 0 Å². The lowest BCUT2D eigenvalue weighted by Crippen LogP contribution is -1.97. The van der Waals surface area contributed by atoms with Crippen LogP contribution in [0.2, 0.25) is 0 Å². The van der Waals surface area contributed by atoms with Crippen molar-refractivity contribution in [1.29, 1.82) is 0 Å². The van der Waals surface area contributed by atoms with Crippen molar-refractivity contribution in [2.24, 2.45) is 0 Å². The number of aromatic nitrogens is 3. The van der Waals surface area contributed by atoms with E-state index in [1.807, 2.05) is 17.0 Å². The van der Waals surface area contributed by atoms with Gasteiger partial charge in [-0.25, -0.2) is 9.97 Å². The molecule has 0 saturated carbocycles. The van der Waals surface area contributed by atoms with Gasteiger partial charge in [0.1, 0.15) is 6.33 Å². The molecule has 19 heavy (non-hydrogen) atoms. The number of hydrogen-bond acceptors (Lipinski definition) is 2. The van der Waals surface area contributed by atoms with Gasteiger partial charge in [0, 0.05) is 10.7 Å². The van der Waals surface area contributed by atoms with E-state index in [-0.39, 0.29) is 0 Å². The van der Waals surface area contributed by atoms with Gasteiger partial charge in [0.2, 0.25) is 0 Å². The fraction of sp³-hybridized carbons (Fsp3) is 0.143. The first-order chi connectivity index (χ1) is 9.06. The van der Waals surface area contributed by atoms with Crippen molar-refractivity contribution in [3.8, 4) is 5.82 Å². The highest BCUT2D eigenvalue weighted by Crippen LogP contribution is 2.26. The van der Waals surface area contributed by atoms with Gasteiger partial charge in [0.25, 0.3) is 0 Å². The molecule has 0 fully saturated rings. The maximum atomic E-state index is 4.45. The third-order valence-corrected chi connectivity index (χ3v) is 4.20. The summed E-state index contributed by atoms with van der Waals surface area (Å²) >= 11 is 6.96. The molecule has 0 amide bonds. The maximum absolute atomic E-state index is 4.45. The Bertz CT molecular complexity index is 778. The third kappa shape index (κ3) is 2.21. The van der Waals surface area contributed by atoms with Crippen LogP contribution in [0.25, 0.3) is 16.9 Å². The van der Waals surface area contributed by atoms with Crippen LogP contribution < -0.4 is 0 Å². The molecule has 0 radical (unpaired) electrons. The minimum absolute atomic E-state index is 0.842. The van der Waals surface area contributed by atoms with Gasteiger partial charge < -0.3 is 0 Å². The van der Waals surface area contributed by atoms with Gasteiger partial charge in [-0.05, 0) is 75.0 Å². The van der Waals surface area contributed by atoms with E-state index in [0.29, 0.717) is 0 Å². The van der Waals surface area contributed by atoms with Gasteiger partial charge in [-0.2, -0.15) is 0 Å². The molecule has 0 saturated heterocycles. The number of benzene rings is 1. The molecule has 96 valence electrons. The molecule has 1 aromatic carbocycles. The fourth-order valence-electron chi connectivity index (χ4n) is 2.02. The monoisotopic (exact) mass is 379 g/mol. The number of pyridine rings is 1. The minimum Gasteiger partial charge on any atom is -0.282 e. The first kappa shape index (κ1) is 12.8. The summed E-state index contributed by atoms with van der Waals surface area (Å²) in [6.45, 7) is 4.21. The van der Waals surface area contributed by atoms with Crippen molar-refractivity contribution >= 4 is 42.9 Å². The lowest BCUT2D eigenvalue weighted by Gasteiger charge is -2.07. The number of aryl methyl sites for hydroxylation is 2. The molecule has 3 rings (SSSR count). The minimum atomic E-state index is 0.842. The Morgan fingerprint density at radius 1 is 1.00 bits per heavy atom. The van der Waals surface area contributed by atoms with Crippen LogP contribution >= 0.6 is 31.9 Å². The molecule has 3 aromatic rings. The molecule has 0 spiro atoms. The Kier molecular flexibility index (Phi) is 3.19. The molecule has 0 aliphatic carbocycles. The number of imidazole rings is 1. The van der Waals surface area contributed by atoms with Gasteiger partial charge in [-0.1, -0.05) is 0 Å². The summed E-state index contributed by atoms with van der Waals surface area (Å²) in [7, 11) is 0. The standard InChI is InChI=1S/C14H11Br2N3/c1-8-3-12-13(4-9(8)2)19(7-18-12)14-11(16)5-10(15)6-17-14/h3-7H,1-2H3. The van der Waals surface area contributed by atoms with Crippen LogP contribution in [0.15, 0.2) is 39.7 Å². The lowest BCUT2D eigenvalue weighted by atomic mass is 10.1. The average molecular weight is 381 g/mol. The SMILES string of the molecule is Cc1cc2ncn(-c3ncc(Br)cc3Br)c2cc1C. The largest absolute Gasteiger partial charge is 0.282 e. The van der Waals surface area contributed by atoms with Crippen LogP contribution in [0.1, 0.15) is 11.1 Å². The zero-order valence-corrected chi connectivity index (χ0v) is 13.7. The molecule has 0 N–H and O–H groups in total. The van der Waals surface area contributed by atoms with Gasteiger partial charge in [0.05, 0.1) is 15.5 Å². The fourth-order valence-corrected chi connectivity index (χ4v) is 3.20. The topological polar surface area (TPSA) is 30.7 Å². The maximum Gasteiger partial charge on any atom is 0.152 e. The quantitative estimate of drug-likeness (QED) is 0.619. The number of hydrogen-bond donors (Lipinski definition) is 0. The Hall–Kier alpha value is -1.20. The highest BCUT2D eigenvalue weighted by molar-refractivity contribution is 9.11. The van der Waals surface area contributed by atoms with Gasteiger partial charge in [-0.15, -0.1) is 0 Å². The molecule has 2 heterocycles. The second-order valence-corrected chi connectivity index (χ2v) is 6.27. The first-order valence-electron chi connectivity index (χ1n) is 5.82. The molecule has 0 aliphatic rings. The summed E-state index contributed by atoms with van der Waals surface area (Å²) in [5, 5.41) is 0. The number of rotatable bonds is 1. The van der Waals surface area contributed by atoms with Gasteiger partial charge in [0.15, 0.2) is 5.82 Å². The normalized spacial score (nSPS) is 11.2. The summed E-state index contributed by atoms with van der Waals surface area (Å²) in [4.78, 5) is 8.90. The molecule has 2 aromatic heterocycles. The van der Waals surface area contributed by atoms with Crippen LogP contribution in [0.3, 0.4) is 0 Å². The van der Waals surface area contributed by atoms with Crippen LogP contribution in [0, 0.1) is 13.8 Å². The number of fused-ring (bicyclic) bond motifs is 1. The first-order valence-corrected chi connectivity index (χ1v) is 7.40. The molecule has 3 nitrogen and oxygen atoms in total. The van der Waals surface area contributed by atoms with Crippen molar-refractivity contribution in [3.63, 3.8) is 0 Å². The molecule has 5 heteroatoms. The second kappa shape index (κ2) is 4.72. The molecule has 0 bridgehead atoms.